The van der Waals surface area contributed by atoms with Crippen molar-refractivity contribution < 1.29 is 14.4 Å². The molecule has 3 heteroatoms. The molecule has 0 saturated carbocycles. The molecule has 0 spiro atoms. The second kappa shape index (κ2) is 8.34. The van der Waals surface area contributed by atoms with E-state index in [1.54, 1.807) is 26.0 Å². The monoisotopic (exact) mass is 322 g/mol. The highest BCUT2D eigenvalue weighted by atomic mass is 16.2. The quantitative estimate of drug-likeness (QED) is 0.544. The zero-order chi connectivity index (χ0) is 17.5. The van der Waals surface area contributed by atoms with Gasteiger partial charge in [0.15, 0.2) is 17.3 Å². The van der Waals surface area contributed by atoms with Crippen molar-refractivity contribution in [3.05, 3.63) is 71.3 Å². The van der Waals surface area contributed by atoms with Gasteiger partial charge in [-0.2, -0.15) is 0 Å². The zero-order valence-corrected chi connectivity index (χ0v) is 14.1. The standard InChI is InChI=1S/C21H22O3/c1-3-18(22)20(19(23)4-2)21(24)17-13-9-8-12-16(17)14-15-10-6-5-7-11-15/h5-13,20H,3-4,14H2,1-2H3. The lowest BCUT2D eigenvalue weighted by molar-refractivity contribution is -0.130. The van der Waals surface area contributed by atoms with Gasteiger partial charge in [-0.25, -0.2) is 0 Å². The van der Waals surface area contributed by atoms with Crippen molar-refractivity contribution in [1.82, 2.24) is 0 Å². The van der Waals surface area contributed by atoms with E-state index < -0.39 is 5.92 Å². The van der Waals surface area contributed by atoms with E-state index in [1.807, 2.05) is 42.5 Å². The van der Waals surface area contributed by atoms with Crippen molar-refractivity contribution in [2.45, 2.75) is 33.1 Å². The van der Waals surface area contributed by atoms with Crippen molar-refractivity contribution >= 4 is 17.3 Å². The van der Waals surface area contributed by atoms with Crippen LogP contribution < -0.4 is 0 Å². The predicted octanol–water partition coefficient (Wildman–Crippen LogP) is 4.03. The lowest BCUT2D eigenvalue weighted by atomic mass is 9.85. The van der Waals surface area contributed by atoms with Gasteiger partial charge in [-0.15, -0.1) is 0 Å². The van der Waals surface area contributed by atoms with E-state index in [-0.39, 0.29) is 30.2 Å². The fourth-order valence-electron chi connectivity index (χ4n) is 2.77. The van der Waals surface area contributed by atoms with E-state index >= 15 is 0 Å². The topological polar surface area (TPSA) is 51.2 Å². The van der Waals surface area contributed by atoms with Crippen molar-refractivity contribution in [2.24, 2.45) is 5.92 Å². The first-order valence-corrected chi connectivity index (χ1v) is 8.29. The second-order valence-corrected chi connectivity index (χ2v) is 5.76. The van der Waals surface area contributed by atoms with Crippen LogP contribution in [0.4, 0.5) is 0 Å². The lowest BCUT2D eigenvalue weighted by Crippen LogP contribution is -2.32. The molecule has 0 saturated heterocycles. The number of benzene rings is 2. The molecule has 0 radical (unpaired) electrons. The summed E-state index contributed by atoms with van der Waals surface area (Å²) in [5, 5.41) is 0. The molecule has 3 nitrogen and oxygen atoms in total. The summed E-state index contributed by atoms with van der Waals surface area (Å²) in [7, 11) is 0. The molecule has 0 N–H and O–H groups in total. The maximum atomic E-state index is 12.9. The molecule has 0 heterocycles. The number of rotatable bonds is 8. The van der Waals surface area contributed by atoms with Crippen molar-refractivity contribution in [1.29, 1.82) is 0 Å². The van der Waals surface area contributed by atoms with E-state index in [1.165, 1.54) is 0 Å². The number of hydrogen-bond acceptors (Lipinski definition) is 3. The van der Waals surface area contributed by atoms with Crippen molar-refractivity contribution in [3.8, 4) is 0 Å². The summed E-state index contributed by atoms with van der Waals surface area (Å²) in [6, 6.07) is 17.0. The molecule has 0 aromatic heterocycles. The van der Waals surface area contributed by atoms with Gasteiger partial charge in [0.2, 0.25) is 0 Å². The van der Waals surface area contributed by atoms with Crippen LogP contribution in [0.25, 0.3) is 0 Å². The smallest absolute Gasteiger partial charge is 0.181 e. The number of Topliss-reactive ketones (excluding diaryl/α,β-unsaturated/α-hetero) is 3. The molecule has 0 unspecified atom stereocenters. The zero-order valence-electron chi connectivity index (χ0n) is 14.1. The van der Waals surface area contributed by atoms with Crippen LogP contribution in [-0.2, 0) is 16.0 Å². The second-order valence-electron chi connectivity index (χ2n) is 5.76. The normalized spacial score (nSPS) is 10.6. The van der Waals surface area contributed by atoms with Gasteiger partial charge in [-0.1, -0.05) is 68.4 Å². The summed E-state index contributed by atoms with van der Waals surface area (Å²) in [6.07, 6.45) is 0.960. The van der Waals surface area contributed by atoms with Crippen molar-refractivity contribution in [3.63, 3.8) is 0 Å². The summed E-state index contributed by atoms with van der Waals surface area (Å²) >= 11 is 0. The Labute approximate surface area is 142 Å². The number of carbonyl (C=O) groups excluding carboxylic acids is 3. The molecule has 0 atom stereocenters. The van der Waals surface area contributed by atoms with E-state index in [0.717, 1.165) is 11.1 Å². The Morgan fingerprint density at radius 2 is 1.33 bits per heavy atom. The summed E-state index contributed by atoms with van der Waals surface area (Å²) in [4.78, 5) is 37.2. The van der Waals surface area contributed by atoms with Crippen molar-refractivity contribution in [2.75, 3.05) is 0 Å². The molecule has 0 aliphatic carbocycles. The van der Waals surface area contributed by atoms with Crippen LogP contribution in [0.1, 0.15) is 48.2 Å². The molecular weight excluding hydrogens is 300 g/mol. The first kappa shape index (κ1) is 17.8. The van der Waals surface area contributed by atoms with E-state index in [4.69, 9.17) is 0 Å². The predicted molar refractivity (Wildman–Crippen MR) is 94.1 cm³/mol. The van der Waals surface area contributed by atoms with Gasteiger partial charge >= 0.3 is 0 Å². The Morgan fingerprint density at radius 3 is 1.92 bits per heavy atom. The average molecular weight is 322 g/mol. The van der Waals surface area contributed by atoms with Gasteiger partial charge in [0, 0.05) is 18.4 Å². The molecule has 24 heavy (non-hydrogen) atoms. The van der Waals surface area contributed by atoms with Crippen LogP contribution in [0.2, 0.25) is 0 Å². The summed E-state index contributed by atoms with van der Waals surface area (Å²) in [5.41, 5.74) is 2.39. The lowest BCUT2D eigenvalue weighted by Gasteiger charge is -2.15. The highest BCUT2D eigenvalue weighted by molar-refractivity contribution is 6.24. The molecule has 0 aliphatic heterocycles. The molecule has 2 aromatic carbocycles. The van der Waals surface area contributed by atoms with Gasteiger partial charge in [0.05, 0.1) is 0 Å². The number of hydrogen-bond donors (Lipinski definition) is 0. The molecule has 0 amide bonds. The Morgan fingerprint density at radius 1 is 0.792 bits per heavy atom. The SMILES string of the molecule is CCC(=O)C(C(=O)CC)C(=O)c1ccccc1Cc1ccccc1. The van der Waals surface area contributed by atoms with E-state index in [0.29, 0.717) is 12.0 Å². The Bertz CT molecular complexity index is 716. The summed E-state index contributed by atoms with van der Waals surface area (Å²) in [6.45, 7) is 3.36. The molecule has 2 rings (SSSR count). The third-order valence-corrected chi connectivity index (χ3v) is 4.12. The van der Waals surface area contributed by atoms with Gasteiger partial charge < -0.3 is 0 Å². The third kappa shape index (κ3) is 4.05. The maximum Gasteiger partial charge on any atom is 0.181 e. The van der Waals surface area contributed by atoms with Crippen LogP contribution >= 0.6 is 0 Å². The molecule has 0 aliphatic rings. The summed E-state index contributed by atoms with van der Waals surface area (Å²) in [5.74, 6) is -2.15. The van der Waals surface area contributed by atoms with Gasteiger partial charge in [-0.3, -0.25) is 14.4 Å². The number of carbonyl (C=O) groups is 3. The van der Waals surface area contributed by atoms with Crippen LogP contribution in [0.5, 0.6) is 0 Å². The minimum Gasteiger partial charge on any atom is -0.298 e. The van der Waals surface area contributed by atoms with Gasteiger partial charge in [0.25, 0.3) is 0 Å². The largest absolute Gasteiger partial charge is 0.298 e. The van der Waals surface area contributed by atoms with Crippen LogP contribution in [-0.4, -0.2) is 17.3 Å². The molecule has 124 valence electrons. The first-order valence-electron chi connectivity index (χ1n) is 8.29. The molecule has 2 aromatic rings. The molecule has 0 bridgehead atoms. The highest BCUT2D eigenvalue weighted by Gasteiger charge is 2.32. The number of ketones is 3. The molecular formula is C21H22O3. The average Bonchev–Trinajstić information content (AvgIpc) is 2.62. The fraction of sp³-hybridized carbons (Fsp3) is 0.286. The Kier molecular flexibility index (Phi) is 6.19. The third-order valence-electron chi connectivity index (χ3n) is 4.12. The summed E-state index contributed by atoms with van der Waals surface area (Å²) < 4.78 is 0. The van der Waals surface area contributed by atoms with Crippen LogP contribution in [0.15, 0.2) is 54.6 Å². The van der Waals surface area contributed by atoms with E-state index in [2.05, 4.69) is 0 Å². The first-order chi connectivity index (χ1) is 11.6. The minimum atomic E-state index is -1.17. The molecule has 0 fully saturated rings. The Hall–Kier alpha value is -2.55. The van der Waals surface area contributed by atoms with E-state index in [9.17, 15) is 14.4 Å². The van der Waals surface area contributed by atoms with Crippen LogP contribution in [0.3, 0.4) is 0 Å². The Balaban J connectivity index is 2.38. The van der Waals surface area contributed by atoms with Crippen LogP contribution in [0, 0.1) is 5.92 Å². The highest BCUT2D eigenvalue weighted by Crippen LogP contribution is 2.20. The maximum absolute atomic E-state index is 12.9. The fourth-order valence-corrected chi connectivity index (χ4v) is 2.77. The van der Waals surface area contributed by atoms with Gasteiger partial charge in [0.1, 0.15) is 5.92 Å². The van der Waals surface area contributed by atoms with Gasteiger partial charge in [-0.05, 0) is 17.5 Å². The minimum absolute atomic E-state index is 0.184.